The lowest BCUT2D eigenvalue weighted by Gasteiger charge is -2.06. The van der Waals surface area contributed by atoms with Crippen molar-refractivity contribution in [3.05, 3.63) is 11.6 Å². The van der Waals surface area contributed by atoms with Gasteiger partial charge in [0.05, 0.1) is 0 Å². The van der Waals surface area contributed by atoms with Gasteiger partial charge in [0.25, 0.3) is 0 Å². The highest BCUT2D eigenvalue weighted by atomic mass is 14.6. The molecular weight excluding hydrogens is 134 g/mol. The van der Waals surface area contributed by atoms with E-state index in [9.17, 15) is 0 Å². The van der Waals surface area contributed by atoms with E-state index in [4.69, 9.17) is 0 Å². The molecule has 0 aliphatic carbocycles. The number of allylic oxidation sites excluding steroid dienone is 2. The maximum absolute atomic E-state index is 4.02. The van der Waals surface area contributed by atoms with E-state index in [1.165, 1.54) is 5.57 Å². The molecule has 0 radical (unpaired) electrons. The van der Waals surface area contributed by atoms with Crippen molar-refractivity contribution in [1.29, 1.82) is 0 Å². The first kappa shape index (κ1) is 10.4. The molecule has 0 saturated heterocycles. The Hall–Kier alpha value is -0.590. The number of rotatable bonds is 3. The smallest absolute Gasteiger partial charge is 0.0277 e. The fraction of sp³-hybridized carbons (Fsp3) is 0.700. The molecule has 0 amide bonds. The molecule has 64 valence electrons. The minimum absolute atomic E-state index is 0.584. The van der Waals surface area contributed by atoms with Crippen LogP contribution in [0.2, 0.25) is 0 Å². The maximum atomic E-state index is 4.02. The Labute approximate surface area is 70.2 Å². The van der Waals surface area contributed by atoms with Gasteiger partial charge in [-0.15, -0.1) is 0 Å². The lowest BCUT2D eigenvalue weighted by molar-refractivity contribution is 0.761. The summed E-state index contributed by atoms with van der Waals surface area (Å²) >= 11 is 0. The van der Waals surface area contributed by atoms with Crippen LogP contribution in [0.5, 0.6) is 0 Å². The van der Waals surface area contributed by atoms with Crippen molar-refractivity contribution < 1.29 is 0 Å². The molecule has 11 heavy (non-hydrogen) atoms. The SMILES string of the molecule is C/N=C\C(=C/C(C)C)C(C)C. The van der Waals surface area contributed by atoms with Crippen molar-refractivity contribution in [2.24, 2.45) is 16.8 Å². The van der Waals surface area contributed by atoms with Crippen molar-refractivity contribution in [1.82, 2.24) is 0 Å². The molecule has 0 rings (SSSR count). The zero-order valence-electron chi connectivity index (χ0n) is 8.26. The van der Waals surface area contributed by atoms with Crippen molar-refractivity contribution in [3.63, 3.8) is 0 Å². The molecule has 0 fully saturated rings. The number of nitrogens with zero attached hydrogens (tertiary/aromatic N) is 1. The summed E-state index contributed by atoms with van der Waals surface area (Å²) in [5.41, 5.74) is 1.34. The standard InChI is InChI=1S/C10H19N/c1-8(2)6-10(7-11-5)9(3)4/h6-9H,1-5H3/b10-6+,11-7-. The second-order valence-corrected chi connectivity index (χ2v) is 3.45. The van der Waals surface area contributed by atoms with Crippen LogP contribution >= 0.6 is 0 Å². The van der Waals surface area contributed by atoms with E-state index in [0.29, 0.717) is 11.8 Å². The largest absolute Gasteiger partial charge is 0.296 e. The van der Waals surface area contributed by atoms with Gasteiger partial charge >= 0.3 is 0 Å². The van der Waals surface area contributed by atoms with E-state index in [-0.39, 0.29) is 0 Å². The van der Waals surface area contributed by atoms with Crippen LogP contribution in [0.25, 0.3) is 0 Å². The molecule has 0 unspecified atom stereocenters. The van der Waals surface area contributed by atoms with Gasteiger partial charge in [0.2, 0.25) is 0 Å². The van der Waals surface area contributed by atoms with Crippen molar-refractivity contribution in [2.45, 2.75) is 27.7 Å². The van der Waals surface area contributed by atoms with Gasteiger partial charge in [0, 0.05) is 13.3 Å². The summed E-state index contributed by atoms with van der Waals surface area (Å²) in [7, 11) is 1.82. The lowest BCUT2D eigenvalue weighted by atomic mass is 10.0. The Kier molecular flexibility index (Phi) is 4.84. The Morgan fingerprint density at radius 2 is 1.73 bits per heavy atom. The van der Waals surface area contributed by atoms with Gasteiger partial charge in [-0.3, -0.25) is 4.99 Å². The van der Waals surface area contributed by atoms with E-state index in [0.717, 1.165) is 0 Å². The van der Waals surface area contributed by atoms with Gasteiger partial charge in [-0.2, -0.15) is 0 Å². The summed E-state index contributed by atoms with van der Waals surface area (Å²) in [6.45, 7) is 8.75. The van der Waals surface area contributed by atoms with Crippen molar-refractivity contribution in [2.75, 3.05) is 7.05 Å². The fourth-order valence-electron chi connectivity index (χ4n) is 0.919. The zero-order chi connectivity index (χ0) is 8.85. The predicted octanol–water partition coefficient (Wildman–Crippen LogP) is 2.93. The summed E-state index contributed by atoms with van der Waals surface area (Å²) < 4.78 is 0. The van der Waals surface area contributed by atoms with Crippen LogP contribution < -0.4 is 0 Å². The Morgan fingerprint density at radius 3 is 2.00 bits per heavy atom. The maximum Gasteiger partial charge on any atom is 0.0277 e. The molecule has 0 bridgehead atoms. The number of hydrogen-bond acceptors (Lipinski definition) is 1. The molecule has 1 heteroatoms. The first-order valence-corrected chi connectivity index (χ1v) is 4.21. The molecule has 0 aromatic heterocycles. The highest BCUT2D eigenvalue weighted by Crippen LogP contribution is 2.10. The van der Waals surface area contributed by atoms with Crippen molar-refractivity contribution in [3.8, 4) is 0 Å². The molecule has 0 aliphatic rings. The average molecular weight is 153 g/mol. The summed E-state index contributed by atoms with van der Waals surface area (Å²) in [4.78, 5) is 4.02. The quantitative estimate of drug-likeness (QED) is 0.553. The molecular formula is C10H19N. The van der Waals surface area contributed by atoms with Crippen LogP contribution in [-0.4, -0.2) is 13.3 Å². The lowest BCUT2D eigenvalue weighted by Crippen LogP contribution is -1.97. The molecule has 0 N–H and O–H groups in total. The minimum Gasteiger partial charge on any atom is -0.296 e. The molecule has 1 nitrogen and oxygen atoms in total. The third-order valence-electron chi connectivity index (χ3n) is 1.47. The van der Waals surface area contributed by atoms with Crippen molar-refractivity contribution >= 4 is 6.21 Å². The normalized spacial score (nSPS) is 13.9. The third-order valence-corrected chi connectivity index (χ3v) is 1.47. The van der Waals surface area contributed by atoms with E-state index < -0.39 is 0 Å². The molecule has 0 spiro atoms. The molecule has 0 aliphatic heterocycles. The van der Waals surface area contributed by atoms with Crippen LogP contribution in [0.15, 0.2) is 16.6 Å². The minimum atomic E-state index is 0.584. The summed E-state index contributed by atoms with van der Waals surface area (Å²) in [6.07, 6.45) is 4.21. The first-order chi connectivity index (χ1) is 5.07. The first-order valence-electron chi connectivity index (χ1n) is 4.21. The predicted molar refractivity (Wildman–Crippen MR) is 52.2 cm³/mol. The zero-order valence-corrected chi connectivity index (χ0v) is 8.26. The monoisotopic (exact) mass is 153 g/mol. The fourth-order valence-corrected chi connectivity index (χ4v) is 0.919. The van der Waals surface area contributed by atoms with Gasteiger partial charge in [0.1, 0.15) is 0 Å². The van der Waals surface area contributed by atoms with Crippen LogP contribution in [0.3, 0.4) is 0 Å². The van der Waals surface area contributed by atoms with Gasteiger partial charge in [0.15, 0.2) is 0 Å². The molecule has 0 aromatic rings. The van der Waals surface area contributed by atoms with Gasteiger partial charge in [-0.1, -0.05) is 33.8 Å². The Morgan fingerprint density at radius 1 is 1.18 bits per heavy atom. The van der Waals surface area contributed by atoms with E-state index in [1.807, 2.05) is 13.3 Å². The molecule has 0 saturated carbocycles. The summed E-state index contributed by atoms with van der Waals surface area (Å²) in [5, 5.41) is 0. The summed E-state index contributed by atoms with van der Waals surface area (Å²) in [5.74, 6) is 1.20. The second-order valence-electron chi connectivity index (χ2n) is 3.45. The molecule has 0 aromatic carbocycles. The van der Waals surface area contributed by atoms with Crippen LogP contribution in [0.1, 0.15) is 27.7 Å². The Balaban J connectivity index is 4.33. The second kappa shape index (κ2) is 5.11. The van der Waals surface area contributed by atoms with Crippen LogP contribution in [0.4, 0.5) is 0 Å². The van der Waals surface area contributed by atoms with Crippen LogP contribution in [-0.2, 0) is 0 Å². The molecule has 0 atom stereocenters. The third kappa shape index (κ3) is 4.77. The Bertz CT molecular complexity index is 152. The highest BCUT2D eigenvalue weighted by molar-refractivity contribution is 5.78. The van der Waals surface area contributed by atoms with E-state index >= 15 is 0 Å². The van der Waals surface area contributed by atoms with Gasteiger partial charge in [-0.05, 0) is 17.4 Å². The highest BCUT2D eigenvalue weighted by Gasteiger charge is 1.99. The average Bonchev–Trinajstić information content (AvgIpc) is 1.86. The summed E-state index contributed by atoms with van der Waals surface area (Å²) in [6, 6.07) is 0. The van der Waals surface area contributed by atoms with Gasteiger partial charge < -0.3 is 0 Å². The van der Waals surface area contributed by atoms with E-state index in [2.05, 4.69) is 38.8 Å². The number of aliphatic imine (C=N–C) groups is 1. The topological polar surface area (TPSA) is 12.4 Å². The molecule has 0 heterocycles. The van der Waals surface area contributed by atoms with Gasteiger partial charge in [-0.25, -0.2) is 0 Å². The van der Waals surface area contributed by atoms with Crippen LogP contribution in [0, 0.1) is 11.8 Å². The number of hydrogen-bond donors (Lipinski definition) is 0. The van der Waals surface area contributed by atoms with E-state index in [1.54, 1.807) is 0 Å².